The van der Waals surface area contributed by atoms with Crippen molar-refractivity contribution in [2.45, 2.75) is 43.4 Å². The lowest BCUT2D eigenvalue weighted by Gasteiger charge is -2.32. The second-order valence-corrected chi connectivity index (χ2v) is 8.16. The van der Waals surface area contributed by atoms with Crippen molar-refractivity contribution in [2.24, 2.45) is 0 Å². The molecule has 2 saturated heterocycles. The average Bonchev–Trinajstić information content (AvgIpc) is 3.03. The van der Waals surface area contributed by atoms with Crippen molar-refractivity contribution >= 4 is 23.6 Å². The standard InChI is InChI=1S/C17H19F3N2O2S/c1-16-8-7-14(23)22(16)13(10-25-16)15(24)21(2)9-11-3-5-12(6-4-11)17(18,19)20/h3-6,13H,7-10H2,1-2H3. The Balaban J connectivity index is 1.68. The molecule has 1 aromatic carbocycles. The summed E-state index contributed by atoms with van der Waals surface area (Å²) in [6.07, 6.45) is -3.18. The minimum absolute atomic E-state index is 0.00576. The zero-order valence-corrected chi connectivity index (χ0v) is 14.8. The molecule has 1 aromatic rings. The Bertz CT molecular complexity index is 692. The highest BCUT2D eigenvalue weighted by atomic mass is 32.2. The van der Waals surface area contributed by atoms with E-state index in [1.807, 2.05) is 6.92 Å². The third kappa shape index (κ3) is 3.36. The van der Waals surface area contributed by atoms with Gasteiger partial charge in [0.1, 0.15) is 6.04 Å². The number of benzene rings is 1. The van der Waals surface area contributed by atoms with Gasteiger partial charge >= 0.3 is 6.18 Å². The number of thioether (sulfide) groups is 1. The van der Waals surface area contributed by atoms with Crippen LogP contribution in [0.3, 0.4) is 0 Å². The van der Waals surface area contributed by atoms with Gasteiger partial charge in [-0.25, -0.2) is 0 Å². The lowest BCUT2D eigenvalue weighted by Crippen LogP contribution is -2.50. The molecule has 0 aromatic heterocycles. The van der Waals surface area contributed by atoms with Gasteiger partial charge in [0, 0.05) is 25.8 Å². The van der Waals surface area contributed by atoms with Crippen molar-refractivity contribution in [2.75, 3.05) is 12.8 Å². The van der Waals surface area contributed by atoms with Crippen molar-refractivity contribution in [1.82, 2.24) is 9.80 Å². The summed E-state index contributed by atoms with van der Waals surface area (Å²) >= 11 is 1.62. The first-order valence-electron chi connectivity index (χ1n) is 7.99. The highest BCUT2D eigenvalue weighted by Gasteiger charge is 2.53. The SMILES string of the molecule is CN(Cc1ccc(C(F)(F)F)cc1)C(=O)C1CSC2(C)CCC(=O)N12. The van der Waals surface area contributed by atoms with E-state index >= 15 is 0 Å². The first-order valence-corrected chi connectivity index (χ1v) is 8.98. The van der Waals surface area contributed by atoms with Gasteiger partial charge in [0.05, 0.1) is 10.4 Å². The Hall–Kier alpha value is -1.70. The van der Waals surface area contributed by atoms with Crippen molar-refractivity contribution in [3.05, 3.63) is 35.4 Å². The molecule has 4 nitrogen and oxygen atoms in total. The summed E-state index contributed by atoms with van der Waals surface area (Å²) in [5.41, 5.74) is -0.0964. The first kappa shape index (κ1) is 18.1. The van der Waals surface area contributed by atoms with E-state index in [2.05, 4.69) is 0 Å². The number of fused-ring (bicyclic) bond motifs is 1. The number of hydrogen-bond acceptors (Lipinski definition) is 3. The highest BCUT2D eigenvalue weighted by molar-refractivity contribution is 8.01. The molecule has 2 heterocycles. The first-order chi connectivity index (χ1) is 11.6. The predicted octanol–water partition coefficient (Wildman–Crippen LogP) is 3.12. The van der Waals surface area contributed by atoms with Crippen LogP contribution in [-0.4, -0.2) is 45.3 Å². The number of likely N-dealkylation sites (N-methyl/N-ethyl adjacent to an activating group) is 1. The molecule has 0 bridgehead atoms. The van der Waals surface area contributed by atoms with Crippen molar-refractivity contribution in [3.8, 4) is 0 Å². The van der Waals surface area contributed by atoms with E-state index in [4.69, 9.17) is 0 Å². The number of alkyl halides is 3. The number of amides is 2. The Labute approximate surface area is 148 Å². The third-order valence-corrected chi connectivity index (χ3v) is 6.31. The van der Waals surface area contributed by atoms with E-state index in [0.29, 0.717) is 17.7 Å². The second kappa shape index (κ2) is 6.23. The van der Waals surface area contributed by atoms with Crippen LogP contribution in [0, 0.1) is 0 Å². The summed E-state index contributed by atoms with van der Waals surface area (Å²) in [6, 6.07) is 4.28. The summed E-state index contributed by atoms with van der Waals surface area (Å²) in [7, 11) is 1.61. The molecule has 2 unspecified atom stereocenters. The molecule has 2 aliphatic rings. The van der Waals surface area contributed by atoms with E-state index < -0.39 is 17.8 Å². The van der Waals surface area contributed by atoms with Crippen LogP contribution in [-0.2, 0) is 22.3 Å². The quantitative estimate of drug-likeness (QED) is 0.819. The molecule has 0 radical (unpaired) electrons. The fourth-order valence-electron chi connectivity index (χ4n) is 3.41. The zero-order valence-electron chi connectivity index (χ0n) is 14.0. The molecule has 2 amide bonds. The molecular weight excluding hydrogens is 353 g/mol. The van der Waals surface area contributed by atoms with Gasteiger partial charge in [-0.05, 0) is 31.0 Å². The Morgan fingerprint density at radius 1 is 1.36 bits per heavy atom. The van der Waals surface area contributed by atoms with Gasteiger partial charge in [0.2, 0.25) is 11.8 Å². The zero-order chi connectivity index (χ0) is 18.4. The second-order valence-electron chi connectivity index (χ2n) is 6.65. The van der Waals surface area contributed by atoms with Crippen LogP contribution in [0.2, 0.25) is 0 Å². The normalized spacial score (nSPS) is 26.0. The van der Waals surface area contributed by atoms with E-state index in [1.165, 1.54) is 17.0 Å². The number of carbonyl (C=O) groups is 2. The van der Waals surface area contributed by atoms with Crippen LogP contribution in [0.25, 0.3) is 0 Å². The molecule has 0 N–H and O–H groups in total. The Morgan fingerprint density at radius 3 is 2.60 bits per heavy atom. The summed E-state index contributed by atoms with van der Waals surface area (Å²) < 4.78 is 37.8. The van der Waals surface area contributed by atoms with E-state index in [-0.39, 0.29) is 23.2 Å². The van der Waals surface area contributed by atoms with Gasteiger partial charge in [0.25, 0.3) is 0 Å². The molecule has 0 spiro atoms. The molecule has 3 rings (SSSR count). The molecular formula is C17H19F3N2O2S. The molecule has 8 heteroatoms. The lowest BCUT2D eigenvalue weighted by molar-refractivity contribution is -0.143. The average molecular weight is 372 g/mol. The Kier molecular flexibility index (Phi) is 4.51. The molecule has 0 aliphatic carbocycles. The molecule has 136 valence electrons. The maximum absolute atomic E-state index is 12.7. The van der Waals surface area contributed by atoms with Crippen molar-refractivity contribution in [3.63, 3.8) is 0 Å². The molecule has 2 aliphatic heterocycles. The van der Waals surface area contributed by atoms with E-state index in [0.717, 1.165) is 18.6 Å². The van der Waals surface area contributed by atoms with Crippen LogP contribution >= 0.6 is 11.8 Å². The number of nitrogens with zero attached hydrogens (tertiary/aromatic N) is 2. The molecule has 0 saturated carbocycles. The van der Waals surface area contributed by atoms with Crippen LogP contribution < -0.4 is 0 Å². The van der Waals surface area contributed by atoms with Gasteiger partial charge in [0.15, 0.2) is 0 Å². The van der Waals surface area contributed by atoms with Gasteiger partial charge in [-0.2, -0.15) is 13.2 Å². The van der Waals surface area contributed by atoms with E-state index in [9.17, 15) is 22.8 Å². The largest absolute Gasteiger partial charge is 0.416 e. The Morgan fingerprint density at radius 2 is 2.00 bits per heavy atom. The summed E-state index contributed by atoms with van der Waals surface area (Å²) in [6.45, 7) is 2.18. The maximum Gasteiger partial charge on any atom is 0.416 e. The van der Waals surface area contributed by atoms with Crippen molar-refractivity contribution in [1.29, 1.82) is 0 Å². The fourth-order valence-corrected chi connectivity index (χ4v) is 4.83. The lowest BCUT2D eigenvalue weighted by atomic mass is 10.1. The van der Waals surface area contributed by atoms with Gasteiger partial charge in [-0.1, -0.05) is 12.1 Å². The minimum Gasteiger partial charge on any atom is -0.340 e. The number of hydrogen-bond donors (Lipinski definition) is 0. The van der Waals surface area contributed by atoms with Crippen LogP contribution in [0.4, 0.5) is 13.2 Å². The van der Waals surface area contributed by atoms with Crippen LogP contribution in [0.1, 0.15) is 30.9 Å². The van der Waals surface area contributed by atoms with Crippen molar-refractivity contribution < 1.29 is 22.8 Å². The van der Waals surface area contributed by atoms with Gasteiger partial charge in [-0.15, -0.1) is 11.8 Å². The summed E-state index contributed by atoms with van der Waals surface area (Å²) in [5, 5.41) is 0. The third-order valence-electron chi connectivity index (χ3n) is 4.81. The minimum atomic E-state index is -4.37. The molecule has 2 atom stereocenters. The molecule has 25 heavy (non-hydrogen) atoms. The summed E-state index contributed by atoms with van der Waals surface area (Å²) in [5.74, 6) is 0.374. The molecule has 2 fully saturated rings. The number of rotatable bonds is 3. The van der Waals surface area contributed by atoms with Crippen LogP contribution in [0.15, 0.2) is 24.3 Å². The van der Waals surface area contributed by atoms with Gasteiger partial charge in [-0.3, -0.25) is 9.59 Å². The highest BCUT2D eigenvalue weighted by Crippen LogP contribution is 2.47. The predicted molar refractivity (Wildman–Crippen MR) is 88.6 cm³/mol. The smallest absolute Gasteiger partial charge is 0.340 e. The monoisotopic (exact) mass is 372 g/mol. The number of halogens is 3. The maximum atomic E-state index is 12.7. The van der Waals surface area contributed by atoms with E-state index in [1.54, 1.807) is 23.7 Å². The topological polar surface area (TPSA) is 40.6 Å². The summed E-state index contributed by atoms with van der Waals surface area (Å²) in [4.78, 5) is 27.7. The van der Waals surface area contributed by atoms with Gasteiger partial charge < -0.3 is 9.80 Å². The number of carbonyl (C=O) groups excluding carboxylic acids is 2. The van der Waals surface area contributed by atoms with Crippen LogP contribution in [0.5, 0.6) is 0 Å². The fraction of sp³-hybridized carbons (Fsp3) is 0.529.